The number of hydrogen-bond acceptors (Lipinski definition) is 2. The highest BCUT2D eigenvalue weighted by molar-refractivity contribution is 5.75. The fraction of sp³-hybridized carbons (Fsp3) is 0.611. The number of piperidine rings is 1. The summed E-state index contributed by atoms with van der Waals surface area (Å²) in [7, 11) is 0. The Hall–Kier alpha value is -1.35. The van der Waals surface area contributed by atoms with Crippen LogP contribution in [0.4, 0.5) is 5.69 Å². The number of aryl methyl sites for hydroxylation is 2. The third-order valence-electron chi connectivity index (χ3n) is 3.96. The lowest BCUT2D eigenvalue weighted by molar-refractivity contribution is -0.105. The molecule has 1 aliphatic rings. The molecule has 1 fully saturated rings. The minimum absolute atomic E-state index is 0.704. The van der Waals surface area contributed by atoms with Gasteiger partial charge in [-0.25, -0.2) is 0 Å². The van der Waals surface area contributed by atoms with Crippen molar-refractivity contribution in [2.75, 3.05) is 25.0 Å². The number of unbranched alkanes of at least 4 members (excludes halogenated alkanes) is 1. The van der Waals surface area contributed by atoms with E-state index in [0.29, 0.717) is 6.41 Å². The van der Waals surface area contributed by atoms with Crippen molar-refractivity contribution in [1.82, 2.24) is 4.90 Å². The van der Waals surface area contributed by atoms with E-state index in [-0.39, 0.29) is 0 Å². The summed E-state index contributed by atoms with van der Waals surface area (Å²) in [5.41, 5.74) is 3.11. The number of anilines is 1. The van der Waals surface area contributed by atoms with Gasteiger partial charge in [-0.3, -0.25) is 4.79 Å². The Kier molecular flexibility index (Phi) is 8.76. The Labute approximate surface area is 129 Å². The summed E-state index contributed by atoms with van der Waals surface area (Å²) in [5, 5.41) is 2.66. The molecule has 0 atom stereocenters. The monoisotopic (exact) mass is 290 g/mol. The van der Waals surface area contributed by atoms with E-state index in [4.69, 9.17) is 0 Å². The van der Waals surface area contributed by atoms with Gasteiger partial charge < -0.3 is 10.2 Å². The number of nitrogens with one attached hydrogen (secondary N) is 1. The Morgan fingerprint density at radius 3 is 2.29 bits per heavy atom. The molecule has 3 heteroatoms. The minimum Gasteiger partial charge on any atom is -0.328 e. The van der Waals surface area contributed by atoms with E-state index in [0.717, 1.165) is 16.8 Å². The van der Waals surface area contributed by atoms with Crippen molar-refractivity contribution >= 4 is 12.1 Å². The topological polar surface area (TPSA) is 32.3 Å². The summed E-state index contributed by atoms with van der Waals surface area (Å²) in [6, 6.07) is 5.91. The SMILES string of the molecule is CCCCN1CCCCC1.Cc1cccc(C)c1NC=O. The van der Waals surface area contributed by atoms with Gasteiger partial charge in [0.25, 0.3) is 0 Å². The molecule has 0 saturated carbocycles. The van der Waals surface area contributed by atoms with Crippen LogP contribution in [0.15, 0.2) is 18.2 Å². The van der Waals surface area contributed by atoms with Crippen LogP contribution in [0.3, 0.4) is 0 Å². The van der Waals surface area contributed by atoms with E-state index in [2.05, 4.69) is 17.1 Å². The van der Waals surface area contributed by atoms with Crippen LogP contribution in [-0.4, -0.2) is 30.9 Å². The van der Waals surface area contributed by atoms with Crippen molar-refractivity contribution < 1.29 is 4.79 Å². The first-order chi connectivity index (χ1) is 10.2. The number of amides is 1. The number of carbonyl (C=O) groups is 1. The average Bonchev–Trinajstić information content (AvgIpc) is 2.51. The number of likely N-dealkylation sites (tertiary alicyclic amines) is 1. The fourth-order valence-corrected chi connectivity index (χ4v) is 2.67. The van der Waals surface area contributed by atoms with Crippen LogP contribution in [0, 0.1) is 13.8 Å². The maximum absolute atomic E-state index is 10.2. The molecule has 1 amide bonds. The molecule has 0 radical (unpaired) electrons. The Balaban J connectivity index is 0.000000211. The van der Waals surface area contributed by atoms with E-state index < -0.39 is 0 Å². The molecule has 1 N–H and O–H groups in total. The maximum atomic E-state index is 10.2. The van der Waals surface area contributed by atoms with E-state index in [1.54, 1.807) is 0 Å². The smallest absolute Gasteiger partial charge is 0.211 e. The lowest BCUT2D eigenvalue weighted by Crippen LogP contribution is -2.30. The number of benzene rings is 1. The van der Waals surface area contributed by atoms with Gasteiger partial charge in [-0.2, -0.15) is 0 Å². The summed E-state index contributed by atoms with van der Waals surface area (Å²) >= 11 is 0. The first-order valence-electron chi connectivity index (χ1n) is 8.17. The van der Waals surface area contributed by atoms with Gasteiger partial charge in [0.1, 0.15) is 0 Å². The summed E-state index contributed by atoms with van der Waals surface area (Å²) in [4.78, 5) is 12.8. The largest absolute Gasteiger partial charge is 0.328 e. The lowest BCUT2D eigenvalue weighted by atomic mass is 10.1. The normalized spacial score (nSPS) is 15.0. The molecule has 3 nitrogen and oxygen atoms in total. The zero-order valence-corrected chi connectivity index (χ0v) is 13.8. The molecule has 1 aliphatic heterocycles. The summed E-state index contributed by atoms with van der Waals surface area (Å²) in [6.45, 7) is 10.3. The Morgan fingerprint density at radius 2 is 1.76 bits per heavy atom. The first kappa shape index (κ1) is 17.7. The molecule has 0 aromatic heterocycles. The lowest BCUT2D eigenvalue weighted by Gasteiger charge is -2.25. The van der Waals surface area contributed by atoms with Gasteiger partial charge in [-0.05, 0) is 63.9 Å². The number of hydrogen-bond donors (Lipinski definition) is 1. The van der Waals surface area contributed by atoms with Crippen LogP contribution >= 0.6 is 0 Å². The summed E-state index contributed by atoms with van der Waals surface area (Å²) < 4.78 is 0. The van der Waals surface area contributed by atoms with E-state index >= 15 is 0 Å². The van der Waals surface area contributed by atoms with Crippen molar-refractivity contribution in [2.45, 2.75) is 52.9 Å². The van der Waals surface area contributed by atoms with Crippen molar-refractivity contribution in [2.24, 2.45) is 0 Å². The maximum Gasteiger partial charge on any atom is 0.211 e. The Morgan fingerprint density at radius 1 is 1.14 bits per heavy atom. The highest BCUT2D eigenvalue weighted by Crippen LogP contribution is 2.17. The van der Waals surface area contributed by atoms with Gasteiger partial charge in [-0.15, -0.1) is 0 Å². The number of rotatable bonds is 5. The van der Waals surface area contributed by atoms with Crippen LogP contribution in [0.5, 0.6) is 0 Å². The molecule has 0 bridgehead atoms. The van der Waals surface area contributed by atoms with Crippen molar-refractivity contribution in [1.29, 1.82) is 0 Å². The predicted molar refractivity (Wildman–Crippen MR) is 90.8 cm³/mol. The quantitative estimate of drug-likeness (QED) is 0.826. The molecule has 0 unspecified atom stereocenters. The predicted octanol–water partition coefficient (Wildman–Crippen LogP) is 4.14. The Bertz CT molecular complexity index is 391. The summed E-state index contributed by atoms with van der Waals surface area (Å²) in [6.07, 6.45) is 7.77. The third-order valence-corrected chi connectivity index (χ3v) is 3.96. The van der Waals surface area contributed by atoms with Crippen molar-refractivity contribution in [3.63, 3.8) is 0 Å². The molecule has 0 spiro atoms. The van der Waals surface area contributed by atoms with Gasteiger partial charge in [-0.1, -0.05) is 38.0 Å². The van der Waals surface area contributed by atoms with Crippen LogP contribution in [0.1, 0.15) is 50.2 Å². The van der Waals surface area contributed by atoms with Gasteiger partial charge >= 0.3 is 0 Å². The number of carbonyl (C=O) groups excluding carboxylic acids is 1. The molecular weight excluding hydrogens is 260 g/mol. The van der Waals surface area contributed by atoms with E-state index in [1.165, 1.54) is 51.7 Å². The zero-order chi connectivity index (χ0) is 15.5. The second-order valence-corrected chi connectivity index (χ2v) is 5.78. The molecule has 118 valence electrons. The average molecular weight is 290 g/mol. The summed E-state index contributed by atoms with van der Waals surface area (Å²) in [5.74, 6) is 0. The second-order valence-electron chi connectivity index (χ2n) is 5.78. The van der Waals surface area contributed by atoms with E-state index in [1.807, 2.05) is 32.0 Å². The van der Waals surface area contributed by atoms with Gasteiger partial charge in [0.15, 0.2) is 0 Å². The van der Waals surface area contributed by atoms with Crippen LogP contribution in [0.2, 0.25) is 0 Å². The molecule has 2 rings (SSSR count). The fourth-order valence-electron chi connectivity index (χ4n) is 2.67. The molecule has 1 saturated heterocycles. The molecular formula is C18H30N2O. The van der Waals surface area contributed by atoms with Gasteiger partial charge in [0.2, 0.25) is 6.41 Å². The molecule has 21 heavy (non-hydrogen) atoms. The van der Waals surface area contributed by atoms with Gasteiger partial charge in [0, 0.05) is 5.69 Å². The van der Waals surface area contributed by atoms with Crippen LogP contribution < -0.4 is 5.32 Å². The molecule has 0 aliphatic carbocycles. The minimum atomic E-state index is 0.704. The van der Waals surface area contributed by atoms with Crippen LogP contribution in [-0.2, 0) is 4.79 Å². The number of nitrogens with zero attached hydrogens (tertiary/aromatic N) is 1. The zero-order valence-electron chi connectivity index (χ0n) is 13.8. The first-order valence-corrected chi connectivity index (χ1v) is 8.17. The standard InChI is InChI=1S/C9H11NO.C9H19N/c1-7-4-3-5-8(2)9(7)10-6-11;1-2-3-7-10-8-5-4-6-9-10/h3-6H,1-2H3,(H,10,11);2-9H2,1H3. The number of para-hydroxylation sites is 1. The molecule has 1 heterocycles. The molecule has 1 aromatic carbocycles. The molecule has 1 aromatic rings. The van der Waals surface area contributed by atoms with Crippen molar-refractivity contribution in [3.8, 4) is 0 Å². The van der Waals surface area contributed by atoms with Gasteiger partial charge in [0.05, 0.1) is 0 Å². The van der Waals surface area contributed by atoms with E-state index in [9.17, 15) is 4.79 Å². The van der Waals surface area contributed by atoms with Crippen LogP contribution in [0.25, 0.3) is 0 Å². The van der Waals surface area contributed by atoms with Crippen molar-refractivity contribution in [3.05, 3.63) is 29.3 Å². The third kappa shape index (κ3) is 6.76. The second kappa shape index (κ2) is 10.4. The highest BCUT2D eigenvalue weighted by Gasteiger charge is 2.07. The highest BCUT2D eigenvalue weighted by atomic mass is 16.1.